The number of carbonyl (C=O) groups is 1. The Morgan fingerprint density at radius 2 is 2.30 bits per heavy atom. The van der Waals surface area contributed by atoms with Crippen LogP contribution in [0.15, 0.2) is 34.3 Å². The Morgan fingerprint density at radius 1 is 1.60 bits per heavy atom. The molecule has 4 N–H and O–H groups in total. The Labute approximate surface area is 122 Å². The zero-order valence-electron chi connectivity index (χ0n) is 11.6. The van der Waals surface area contributed by atoms with Gasteiger partial charge in [-0.05, 0) is 31.4 Å². The molecule has 0 saturated carbocycles. The summed E-state index contributed by atoms with van der Waals surface area (Å²) in [4.78, 5) is 13.5. The van der Waals surface area contributed by atoms with Gasteiger partial charge in [0.25, 0.3) is 0 Å². The number of fused-ring (bicyclic) bond motifs is 1. The van der Waals surface area contributed by atoms with Gasteiger partial charge in [0.15, 0.2) is 5.84 Å². The first-order valence-corrected chi connectivity index (χ1v) is 7.42. The molecule has 2 rings (SSSR count). The molecule has 20 heavy (non-hydrogen) atoms. The molecule has 2 atom stereocenters. The number of hydrogen-bond acceptors (Lipinski definition) is 4. The number of nitrogens with zero attached hydrogens (tertiary/aromatic N) is 1. The van der Waals surface area contributed by atoms with Gasteiger partial charge in [0.05, 0.1) is 10.8 Å². The smallest absolute Gasteiger partial charge is 0.234 e. The molecule has 1 aromatic carbocycles. The predicted molar refractivity (Wildman–Crippen MR) is 80.0 cm³/mol. The maximum Gasteiger partial charge on any atom is 0.234 e. The highest BCUT2D eigenvalue weighted by Gasteiger charge is 2.35. The van der Waals surface area contributed by atoms with Gasteiger partial charge >= 0.3 is 0 Å². The number of benzene rings is 1. The molecule has 0 saturated heterocycles. The van der Waals surface area contributed by atoms with Crippen molar-refractivity contribution in [2.75, 3.05) is 0 Å². The van der Waals surface area contributed by atoms with E-state index in [0.29, 0.717) is 12.8 Å². The van der Waals surface area contributed by atoms with Crippen LogP contribution in [0.3, 0.4) is 0 Å². The van der Waals surface area contributed by atoms with Crippen LogP contribution in [0.4, 0.5) is 0 Å². The summed E-state index contributed by atoms with van der Waals surface area (Å²) in [6.45, 7) is 3.64. The van der Waals surface area contributed by atoms with Gasteiger partial charge in [-0.1, -0.05) is 30.3 Å². The summed E-state index contributed by atoms with van der Waals surface area (Å²) in [5, 5.41) is 14.6. The van der Waals surface area contributed by atoms with Crippen LogP contribution in [0.5, 0.6) is 0 Å². The first-order chi connectivity index (χ1) is 9.50. The van der Waals surface area contributed by atoms with Crippen molar-refractivity contribution in [1.29, 1.82) is 0 Å². The van der Waals surface area contributed by atoms with E-state index in [1.165, 1.54) is 5.56 Å². The van der Waals surface area contributed by atoms with Gasteiger partial charge in [0.2, 0.25) is 5.91 Å². The lowest BCUT2D eigenvalue weighted by Crippen LogP contribution is -2.56. The van der Waals surface area contributed by atoms with Crippen LogP contribution in [0.2, 0.25) is 0 Å². The van der Waals surface area contributed by atoms with E-state index in [9.17, 15) is 4.79 Å². The number of rotatable bonds is 4. The number of amides is 1. The van der Waals surface area contributed by atoms with E-state index >= 15 is 0 Å². The Bertz CT molecular complexity index is 522. The maximum atomic E-state index is 12.4. The third-order valence-electron chi connectivity index (χ3n) is 3.72. The maximum absolute atomic E-state index is 12.4. The number of nitrogens with one attached hydrogen (secondary N) is 1. The fraction of sp³-hybridized carbons (Fsp3) is 0.429. The Balaban J connectivity index is 2.07. The largest absolute Gasteiger partial charge is 0.409 e. The SMILES string of the molecule is CCC(C)(NC(=O)C1Cc2ccccc2S1)C(N)=NO. The number of hydrogen-bond donors (Lipinski definition) is 3. The summed E-state index contributed by atoms with van der Waals surface area (Å²) >= 11 is 1.56. The minimum atomic E-state index is -0.818. The lowest BCUT2D eigenvalue weighted by molar-refractivity contribution is -0.121. The van der Waals surface area contributed by atoms with Crippen molar-refractivity contribution in [3.8, 4) is 0 Å². The summed E-state index contributed by atoms with van der Waals surface area (Å²) in [7, 11) is 0. The van der Waals surface area contributed by atoms with Crippen LogP contribution in [0, 0.1) is 0 Å². The second-order valence-electron chi connectivity index (χ2n) is 5.08. The topological polar surface area (TPSA) is 87.7 Å². The van der Waals surface area contributed by atoms with Crippen molar-refractivity contribution in [2.24, 2.45) is 10.9 Å². The average molecular weight is 293 g/mol. The monoisotopic (exact) mass is 293 g/mol. The van der Waals surface area contributed by atoms with Crippen molar-refractivity contribution in [1.82, 2.24) is 5.32 Å². The normalized spacial score (nSPS) is 21.1. The van der Waals surface area contributed by atoms with Gasteiger partial charge in [-0.15, -0.1) is 11.8 Å². The van der Waals surface area contributed by atoms with Gasteiger partial charge in [-0.2, -0.15) is 0 Å². The quantitative estimate of drug-likeness (QED) is 0.341. The zero-order chi connectivity index (χ0) is 14.8. The van der Waals surface area contributed by atoms with Crippen LogP contribution in [0.25, 0.3) is 0 Å². The molecule has 2 unspecified atom stereocenters. The van der Waals surface area contributed by atoms with Gasteiger partial charge in [-0.25, -0.2) is 0 Å². The molecule has 0 fully saturated rings. The summed E-state index contributed by atoms with van der Waals surface area (Å²) in [5.74, 6) is -0.0592. The molecule has 5 nitrogen and oxygen atoms in total. The minimum Gasteiger partial charge on any atom is -0.409 e. The lowest BCUT2D eigenvalue weighted by atomic mass is 9.97. The zero-order valence-corrected chi connectivity index (χ0v) is 12.4. The molecule has 0 aliphatic carbocycles. The molecule has 0 radical (unpaired) electrons. The van der Waals surface area contributed by atoms with Crippen molar-refractivity contribution in [3.05, 3.63) is 29.8 Å². The van der Waals surface area contributed by atoms with Crippen LogP contribution in [-0.2, 0) is 11.2 Å². The first kappa shape index (κ1) is 14.7. The molecule has 1 heterocycles. The highest BCUT2D eigenvalue weighted by molar-refractivity contribution is 8.01. The fourth-order valence-corrected chi connectivity index (χ4v) is 3.32. The molecule has 0 spiro atoms. The van der Waals surface area contributed by atoms with E-state index in [1.54, 1.807) is 18.7 Å². The van der Waals surface area contributed by atoms with Gasteiger partial charge in [0.1, 0.15) is 0 Å². The van der Waals surface area contributed by atoms with E-state index in [1.807, 2.05) is 31.2 Å². The number of amidine groups is 1. The summed E-state index contributed by atoms with van der Waals surface area (Å²) in [6, 6.07) is 8.01. The van der Waals surface area contributed by atoms with E-state index in [-0.39, 0.29) is 17.0 Å². The van der Waals surface area contributed by atoms with E-state index in [0.717, 1.165) is 4.90 Å². The van der Waals surface area contributed by atoms with E-state index in [2.05, 4.69) is 10.5 Å². The van der Waals surface area contributed by atoms with Crippen molar-refractivity contribution in [2.45, 2.75) is 42.4 Å². The molecule has 1 aliphatic rings. The number of oxime groups is 1. The molecular weight excluding hydrogens is 274 g/mol. The van der Waals surface area contributed by atoms with Crippen molar-refractivity contribution < 1.29 is 10.0 Å². The highest BCUT2D eigenvalue weighted by Crippen LogP contribution is 2.37. The molecule has 1 aliphatic heterocycles. The second-order valence-corrected chi connectivity index (χ2v) is 6.32. The van der Waals surface area contributed by atoms with Crippen LogP contribution < -0.4 is 11.1 Å². The average Bonchev–Trinajstić information content (AvgIpc) is 2.90. The van der Waals surface area contributed by atoms with Crippen LogP contribution in [-0.4, -0.2) is 27.7 Å². The first-order valence-electron chi connectivity index (χ1n) is 6.54. The van der Waals surface area contributed by atoms with E-state index < -0.39 is 5.54 Å². The third kappa shape index (κ3) is 2.75. The van der Waals surface area contributed by atoms with Gasteiger partial charge < -0.3 is 16.3 Å². The summed E-state index contributed by atoms with van der Waals surface area (Å²) in [5.41, 5.74) is 6.05. The summed E-state index contributed by atoms with van der Waals surface area (Å²) < 4.78 is 0. The molecule has 0 aromatic heterocycles. The van der Waals surface area contributed by atoms with Crippen molar-refractivity contribution >= 4 is 23.5 Å². The van der Waals surface area contributed by atoms with Gasteiger partial charge in [0, 0.05) is 4.90 Å². The molecule has 1 amide bonds. The molecule has 0 bridgehead atoms. The third-order valence-corrected chi connectivity index (χ3v) is 5.04. The van der Waals surface area contributed by atoms with Crippen LogP contribution in [0.1, 0.15) is 25.8 Å². The van der Waals surface area contributed by atoms with E-state index in [4.69, 9.17) is 10.9 Å². The Kier molecular flexibility index (Phi) is 4.23. The van der Waals surface area contributed by atoms with Crippen molar-refractivity contribution in [3.63, 3.8) is 0 Å². The van der Waals surface area contributed by atoms with Crippen LogP contribution >= 0.6 is 11.8 Å². The minimum absolute atomic E-state index is 0.0221. The van der Waals surface area contributed by atoms with Gasteiger partial charge in [-0.3, -0.25) is 4.79 Å². The molecule has 108 valence electrons. The summed E-state index contributed by atoms with van der Waals surface area (Å²) in [6.07, 6.45) is 1.27. The molecule has 1 aromatic rings. The second kappa shape index (κ2) is 5.75. The number of thioether (sulfide) groups is 1. The Hall–Kier alpha value is -1.69. The number of carbonyl (C=O) groups excluding carboxylic acids is 1. The fourth-order valence-electron chi connectivity index (χ4n) is 2.12. The standard InChI is InChI=1S/C14H19N3O2S/c1-3-14(2,13(15)17-19)16-12(18)11-8-9-6-4-5-7-10(9)20-11/h4-7,11,19H,3,8H2,1-2H3,(H2,15,17)(H,16,18). The molecular formula is C14H19N3O2S. The Morgan fingerprint density at radius 3 is 2.90 bits per heavy atom. The lowest BCUT2D eigenvalue weighted by Gasteiger charge is -2.29. The number of nitrogens with two attached hydrogens (primary N) is 1. The molecule has 6 heteroatoms. The highest BCUT2D eigenvalue weighted by atomic mass is 32.2. The predicted octanol–water partition coefficient (Wildman–Crippen LogP) is 1.73.